The van der Waals surface area contributed by atoms with E-state index in [2.05, 4.69) is 15.5 Å². The molecule has 0 spiro atoms. The molecule has 2 amide bonds. The Morgan fingerprint density at radius 3 is 2.87 bits per heavy atom. The Hall–Kier alpha value is -3.68. The molecule has 2 heterocycles. The lowest BCUT2D eigenvalue weighted by Crippen LogP contribution is -2.32. The van der Waals surface area contributed by atoms with E-state index in [0.29, 0.717) is 37.1 Å². The van der Waals surface area contributed by atoms with Gasteiger partial charge in [0.15, 0.2) is 0 Å². The van der Waals surface area contributed by atoms with Crippen LogP contribution in [0.5, 0.6) is 5.75 Å². The summed E-state index contributed by atoms with van der Waals surface area (Å²) in [5.74, 6) is 1.04. The predicted octanol–water partition coefficient (Wildman–Crippen LogP) is 3.11. The van der Waals surface area contributed by atoms with Crippen molar-refractivity contribution >= 4 is 17.5 Å². The van der Waals surface area contributed by atoms with E-state index >= 15 is 0 Å². The number of anilines is 1. The maximum absolute atomic E-state index is 12.7. The van der Waals surface area contributed by atoms with Gasteiger partial charge in [-0.25, -0.2) is 0 Å². The highest BCUT2D eigenvalue weighted by Crippen LogP contribution is 2.28. The second-order valence-corrected chi connectivity index (χ2v) is 7.35. The van der Waals surface area contributed by atoms with Crippen molar-refractivity contribution in [1.82, 2.24) is 15.5 Å². The van der Waals surface area contributed by atoms with E-state index in [1.165, 1.54) is 0 Å². The van der Waals surface area contributed by atoms with Crippen LogP contribution in [0.15, 0.2) is 53.1 Å². The normalized spacial score (nSPS) is 15.9. The number of carbonyl (C=O) groups is 2. The van der Waals surface area contributed by atoms with E-state index < -0.39 is 5.92 Å². The molecule has 4 rings (SSSR count). The van der Waals surface area contributed by atoms with Crippen LogP contribution >= 0.6 is 0 Å². The molecule has 1 N–H and O–H groups in total. The molecule has 1 fully saturated rings. The fourth-order valence-corrected chi connectivity index (χ4v) is 3.64. The maximum atomic E-state index is 12.7. The van der Waals surface area contributed by atoms with Crippen LogP contribution in [0, 0.1) is 12.8 Å². The standard InChI is InChI=1S/C23H24N4O4/c1-3-30-20-10-5-4-7-17(20)13-24-23(29)18-12-21(28)27(14-18)19-9-6-8-16(11-19)22-25-15(2)31-26-22/h4-11,18H,3,12-14H2,1-2H3,(H,24,29). The highest BCUT2D eigenvalue weighted by Gasteiger charge is 2.35. The second kappa shape index (κ2) is 8.99. The summed E-state index contributed by atoms with van der Waals surface area (Å²) in [7, 11) is 0. The Kier molecular flexibility index (Phi) is 5.97. The summed E-state index contributed by atoms with van der Waals surface area (Å²) in [6, 6.07) is 15.0. The van der Waals surface area contributed by atoms with Crippen LogP contribution < -0.4 is 15.0 Å². The lowest BCUT2D eigenvalue weighted by Gasteiger charge is -2.17. The van der Waals surface area contributed by atoms with E-state index in [1.54, 1.807) is 11.8 Å². The second-order valence-electron chi connectivity index (χ2n) is 7.35. The first-order valence-electron chi connectivity index (χ1n) is 10.2. The highest BCUT2D eigenvalue weighted by molar-refractivity contribution is 6.00. The molecule has 8 heteroatoms. The van der Waals surface area contributed by atoms with Crippen molar-refractivity contribution in [3.63, 3.8) is 0 Å². The highest BCUT2D eigenvalue weighted by atomic mass is 16.5. The summed E-state index contributed by atoms with van der Waals surface area (Å²) in [6.45, 7) is 4.88. The molecule has 1 aliphatic heterocycles. The average molecular weight is 420 g/mol. The molecule has 1 aliphatic rings. The van der Waals surface area contributed by atoms with Crippen LogP contribution in [-0.4, -0.2) is 35.1 Å². The SMILES string of the molecule is CCOc1ccccc1CNC(=O)C1CC(=O)N(c2cccc(-c3noc(C)n3)c2)C1. The molecule has 0 radical (unpaired) electrons. The summed E-state index contributed by atoms with van der Waals surface area (Å²) >= 11 is 0. The lowest BCUT2D eigenvalue weighted by molar-refractivity contribution is -0.126. The Bertz CT molecular complexity index is 1090. The van der Waals surface area contributed by atoms with Gasteiger partial charge in [0, 0.05) is 43.2 Å². The summed E-state index contributed by atoms with van der Waals surface area (Å²) in [4.78, 5) is 31.2. The van der Waals surface area contributed by atoms with E-state index in [-0.39, 0.29) is 18.2 Å². The topological polar surface area (TPSA) is 97.6 Å². The third kappa shape index (κ3) is 4.58. The molecule has 1 aromatic heterocycles. The first-order chi connectivity index (χ1) is 15.0. The van der Waals surface area contributed by atoms with E-state index in [1.807, 2.05) is 55.5 Å². The molecule has 31 heavy (non-hydrogen) atoms. The van der Waals surface area contributed by atoms with Crippen molar-refractivity contribution in [2.45, 2.75) is 26.8 Å². The number of ether oxygens (including phenoxy) is 1. The predicted molar refractivity (Wildman–Crippen MR) is 114 cm³/mol. The third-order valence-corrected chi connectivity index (χ3v) is 5.16. The number of nitrogens with zero attached hydrogens (tertiary/aromatic N) is 3. The number of aryl methyl sites for hydroxylation is 1. The van der Waals surface area contributed by atoms with E-state index in [4.69, 9.17) is 9.26 Å². The molecule has 1 saturated heterocycles. The summed E-state index contributed by atoms with van der Waals surface area (Å²) in [5.41, 5.74) is 2.37. The molecule has 0 aliphatic carbocycles. The smallest absolute Gasteiger partial charge is 0.227 e. The zero-order valence-corrected chi connectivity index (χ0v) is 17.5. The Morgan fingerprint density at radius 1 is 1.26 bits per heavy atom. The van der Waals surface area contributed by atoms with Crippen molar-refractivity contribution in [2.24, 2.45) is 5.92 Å². The van der Waals surface area contributed by atoms with Gasteiger partial charge in [-0.05, 0) is 25.1 Å². The van der Waals surface area contributed by atoms with Crippen molar-refractivity contribution in [1.29, 1.82) is 0 Å². The minimum atomic E-state index is -0.414. The number of hydrogen-bond donors (Lipinski definition) is 1. The van der Waals surface area contributed by atoms with Crippen LogP contribution in [0.3, 0.4) is 0 Å². The van der Waals surface area contributed by atoms with Crippen LogP contribution in [0.1, 0.15) is 24.8 Å². The van der Waals surface area contributed by atoms with Gasteiger partial charge in [0.05, 0.1) is 12.5 Å². The van der Waals surface area contributed by atoms with Gasteiger partial charge in [-0.3, -0.25) is 9.59 Å². The third-order valence-electron chi connectivity index (χ3n) is 5.16. The quantitative estimate of drug-likeness (QED) is 0.631. The lowest BCUT2D eigenvalue weighted by atomic mass is 10.1. The average Bonchev–Trinajstić information content (AvgIpc) is 3.39. The summed E-state index contributed by atoms with van der Waals surface area (Å²) in [5, 5.41) is 6.87. The molecule has 0 bridgehead atoms. The number of carbonyl (C=O) groups excluding carboxylic acids is 2. The van der Waals surface area contributed by atoms with Gasteiger partial charge in [0.2, 0.25) is 23.5 Å². The Balaban J connectivity index is 1.42. The van der Waals surface area contributed by atoms with Crippen LogP contribution in [0.2, 0.25) is 0 Å². The maximum Gasteiger partial charge on any atom is 0.227 e. The Morgan fingerprint density at radius 2 is 2.10 bits per heavy atom. The molecular weight excluding hydrogens is 396 g/mol. The molecular formula is C23H24N4O4. The number of nitrogens with one attached hydrogen (secondary N) is 1. The summed E-state index contributed by atoms with van der Waals surface area (Å²) in [6.07, 6.45) is 0.171. The first-order valence-corrected chi connectivity index (χ1v) is 10.2. The molecule has 0 saturated carbocycles. The summed E-state index contributed by atoms with van der Waals surface area (Å²) < 4.78 is 10.6. The van der Waals surface area contributed by atoms with Gasteiger partial charge >= 0.3 is 0 Å². The zero-order chi connectivity index (χ0) is 21.8. The van der Waals surface area contributed by atoms with Crippen molar-refractivity contribution in [3.8, 4) is 17.1 Å². The number of rotatable bonds is 7. The number of para-hydroxylation sites is 1. The zero-order valence-electron chi connectivity index (χ0n) is 17.5. The largest absolute Gasteiger partial charge is 0.494 e. The van der Waals surface area contributed by atoms with Crippen molar-refractivity contribution in [2.75, 3.05) is 18.1 Å². The fourth-order valence-electron chi connectivity index (χ4n) is 3.64. The molecule has 160 valence electrons. The molecule has 2 aromatic carbocycles. The molecule has 8 nitrogen and oxygen atoms in total. The monoisotopic (exact) mass is 420 g/mol. The number of aromatic nitrogens is 2. The number of hydrogen-bond acceptors (Lipinski definition) is 6. The minimum absolute atomic E-state index is 0.0868. The van der Waals surface area contributed by atoms with E-state index in [0.717, 1.165) is 16.9 Å². The number of benzene rings is 2. The van der Waals surface area contributed by atoms with Gasteiger partial charge in [-0.15, -0.1) is 0 Å². The van der Waals surface area contributed by atoms with Crippen molar-refractivity contribution < 1.29 is 18.8 Å². The van der Waals surface area contributed by atoms with Crippen LogP contribution in [0.4, 0.5) is 5.69 Å². The number of amides is 2. The molecule has 3 aromatic rings. The minimum Gasteiger partial charge on any atom is -0.494 e. The fraction of sp³-hybridized carbons (Fsp3) is 0.304. The first kappa shape index (κ1) is 20.6. The van der Waals surface area contributed by atoms with Gasteiger partial charge in [0.25, 0.3) is 0 Å². The molecule has 1 unspecified atom stereocenters. The van der Waals surface area contributed by atoms with E-state index in [9.17, 15) is 9.59 Å². The van der Waals surface area contributed by atoms with Crippen LogP contribution in [0.25, 0.3) is 11.4 Å². The van der Waals surface area contributed by atoms with Crippen LogP contribution in [-0.2, 0) is 16.1 Å². The van der Waals surface area contributed by atoms with Crippen molar-refractivity contribution in [3.05, 3.63) is 60.0 Å². The van der Waals surface area contributed by atoms with Gasteiger partial charge in [0.1, 0.15) is 5.75 Å². The Labute approximate surface area is 180 Å². The van der Waals surface area contributed by atoms with Gasteiger partial charge in [-0.1, -0.05) is 35.5 Å². The molecule has 1 atom stereocenters. The van der Waals surface area contributed by atoms with Gasteiger partial charge < -0.3 is 19.5 Å². The van der Waals surface area contributed by atoms with Gasteiger partial charge in [-0.2, -0.15) is 4.98 Å².